The number of rotatable bonds is 4. The number of aryl methyl sites for hydroxylation is 1. The topological polar surface area (TPSA) is 61.9 Å². The van der Waals surface area contributed by atoms with Gasteiger partial charge in [-0.1, -0.05) is 11.6 Å². The smallest absolute Gasteiger partial charge is 0.311 e. The van der Waals surface area contributed by atoms with Gasteiger partial charge in [0, 0.05) is 17.6 Å². The Labute approximate surface area is 162 Å². The highest BCUT2D eigenvalue weighted by molar-refractivity contribution is 6.30. The molecular formula is C19H13ClF2N4O2. The molecule has 0 atom stereocenters. The standard InChI is InChI=1S/C19H13ClF2N4O2/c1-2-25-10-23-16-17(25)24-19(28-15-8-5-12(21)9-14(15)22)26(18(16)27)13-6-3-11(20)4-7-13/h3-10H,2H2,1H3. The average molecular weight is 403 g/mol. The third kappa shape index (κ3) is 3.11. The quantitative estimate of drug-likeness (QED) is 0.510. The molecule has 0 spiro atoms. The molecule has 2 aromatic carbocycles. The van der Waals surface area contributed by atoms with Crippen LogP contribution in [0.1, 0.15) is 6.92 Å². The number of halogens is 3. The van der Waals surface area contributed by atoms with Gasteiger partial charge in [0.15, 0.2) is 22.7 Å². The van der Waals surface area contributed by atoms with E-state index < -0.39 is 17.2 Å². The minimum atomic E-state index is -0.916. The Morgan fingerprint density at radius 2 is 1.89 bits per heavy atom. The van der Waals surface area contributed by atoms with E-state index in [1.165, 1.54) is 6.33 Å². The molecule has 142 valence electrons. The Hall–Kier alpha value is -3.26. The van der Waals surface area contributed by atoms with E-state index >= 15 is 0 Å². The van der Waals surface area contributed by atoms with Gasteiger partial charge in [-0.15, -0.1) is 0 Å². The molecule has 0 aliphatic heterocycles. The van der Waals surface area contributed by atoms with Crippen molar-refractivity contribution in [1.82, 2.24) is 19.1 Å². The van der Waals surface area contributed by atoms with Gasteiger partial charge in [-0.25, -0.2) is 18.3 Å². The van der Waals surface area contributed by atoms with Crippen molar-refractivity contribution in [2.45, 2.75) is 13.5 Å². The van der Waals surface area contributed by atoms with Gasteiger partial charge in [0.05, 0.1) is 12.0 Å². The van der Waals surface area contributed by atoms with Crippen LogP contribution in [0.25, 0.3) is 16.9 Å². The summed E-state index contributed by atoms with van der Waals surface area (Å²) in [6.45, 7) is 2.39. The van der Waals surface area contributed by atoms with Crippen molar-refractivity contribution < 1.29 is 13.5 Å². The molecule has 6 nitrogen and oxygen atoms in total. The number of hydrogen-bond donors (Lipinski definition) is 0. The Bertz CT molecular complexity index is 1240. The van der Waals surface area contributed by atoms with Crippen LogP contribution in [0.3, 0.4) is 0 Å². The highest BCUT2D eigenvalue weighted by atomic mass is 35.5. The normalized spacial score (nSPS) is 11.1. The largest absolute Gasteiger partial charge is 0.422 e. The Balaban J connectivity index is 1.97. The van der Waals surface area contributed by atoms with Crippen molar-refractivity contribution in [2.75, 3.05) is 0 Å². The molecule has 4 rings (SSSR count). The Morgan fingerprint density at radius 1 is 1.14 bits per heavy atom. The van der Waals surface area contributed by atoms with E-state index in [0.29, 0.717) is 29.0 Å². The second-order valence-electron chi connectivity index (χ2n) is 5.89. The maximum atomic E-state index is 14.1. The van der Waals surface area contributed by atoms with Crippen molar-refractivity contribution in [3.63, 3.8) is 0 Å². The monoisotopic (exact) mass is 402 g/mol. The number of benzene rings is 2. The molecule has 28 heavy (non-hydrogen) atoms. The van der Waals surface area contributed by atoms with Crippen LogP contribution in [-0.2, 0) is 6.54 Å². The third-order valence-corrected chi connectivity index (χ3v) is 4.38. The molecule has 0 N–H and O–H groups in total. The summed E-state index contributed by atoms with van der Waals surface area (Å²) in [6.07, 6.45) is 1.49. The molecule has 9 heteroatoms. The van der Waals surface area contributed by atoms with Crippen LogP contribution >= 0.6 is 11.6 Å². The lowest BCUT2D eigenvalue weighted by Crippen LogP contribution is -2.22. The highest BCUT2D eigenvalue weighted by Gasteiger charge is 2.19. The van der Waals surface area contributed by atoms with Crippen molar-refractivity contribution in [1.29, 1.82) is 0 Å². The third-order valence-electron chi connectivity index (χ3n) is 4.13. The first-order chi connectivity index (χ1) is 13.5. The van der Waals surface area contributed by atoms with Gasteiger partial charge < -0.3 is 9.30 Å². The first kappa shape index (κ1) is 18.1. The van der Waals surface area contributed by atoms with E-state index in [2.05, 4.69) is 9.97 Å². The number of ether oxygens (including phenoxy) is 1. The fourth-order valence-corrected chi connectivity index (χ4v) is 2.88. The van der Waals surface area contributed by atoms with Gasteiger partial charge in [-0.3, -0.25) is 4.79 Å². The fourth-order valence-electron chi connectivity index (χ4n) is 2.75. The van der Waals surface area contributed by atoms with Gasteiger partial charge in [-0.2, -0.15) is 4.98 Å². The van der Waals surface area contributed by atoms with E-state index in [-0.39, 0.29) is 17.3 Å². The fraction of sp³-hybridized carbons (Fsp3) is 0.105. The van der Waals surface area contributed by atoms with Crippen LogP contribution in [0.15, 0.2) is 53.6 Å². The number of imidazole rings is 1. The van der Waals surface area contributed by atoms with Crippen molar-refractivity contribution >= 4 is 22.8 Å². The molecule has 0 bridgehead atoms. The van der Waals surface area contributed by atoms with Crippen LogP contribution in [0.4, 0.5) is 8.78 Å². The number of nitrogens with zero attached hydrogens (tertiary/aromatic N) is 4. The maximum Gasteiger partial charge on any atom is 0.311 e. The molecule has 0 radical (unpaired) electrons. The summed E-state index contributed by atoms with van der Waals surface area (Å²) in [7, 11) is 0. The summed E-state index contributed by atoms with van der Waals surface area (Å²) in [5.74, 6) is -1.92. The zero-order valence-electron chi connectivity index (χ0n) is 14.6. The highest BCUT2D eigenvalue weighted by Crippen LogP contribution is 2.26. The first-order valence-electron chi connectivity index (χ1n) is 8.34. The zero-order valence-corrected chi connectivity index (χ0v) is 15.3. The maximum absolute atomic E-state index is 14.1. The van der Waals surface area contributed by atoms with Crippen LogP contribution < -0.4 is 10.3 Å². The number of fused-ring (bicyclic) bond motifs is 1. The molecule has 0 aliphatic carbocycles. The predicted octanol–water partition coefficient (Wildman–Crippen LogP) is 4.33. The second-order valence-corrected chi connectivity index (χ2v) is 6.33. The molecule has 0 unspecified atom stereocenters. The predicted molar refractivity (Wildman–Crippen MR) is 100 cm³/mol. The Kier molecular flexibility index (Phi) is 4.56. The molecule has 0 aliphatic rings. The molecule has 2 heterocycles. The molecular weight excluding hydrogens is 390 g/mol. The second kappa shape index (κ2) is 7.05. The van der Waals surface area contributed by atoms with E-state index in [1.54, 1.807) is 28.8 Å². The van der Waals surface area contributed by atoms with E-state index in [4.69, 9.17) is 16.3 Å². The van der Waals surface area contributed by atoms with E-state index in [0.717, 1.165) is 16.7 Å². The van der Waals surface area contributed by atoms with Crippen molar-refractivity contribution in [3.8, 4) is 17.4 Å². The lowest BCUT2D eigenvalue weighted by molar-refractivity contribution is 0.396. The molecule has 4 aromatic rings. The minimum absolute atomic E-state index is 0.142. The van der Waals surface area contributed by atoms with Gasteiger partial charge >= 0.3 is 6.01 Å². The minimum Gasteiger partial charge on any atom is -0.422 e. The summed E-state index contributed by atoms with van der Waals surface area (Å²) in [4.78, 5) is 21.6. The summed E-state index contributed by atoms with van der Waals surface area (Å²) in [6, 6.07) is 9.09. The van der Waals surface area contributed by atoms with Gasteiger partial charge in [0.2, 0.25) is 0 Å². The molecule has 0 fully saturated rings. The Morgan fingerprint density at radius 3 is 2.57 bits per heavy atom. The lowest BCUT2D eigenvalue weighted by atomic mass is 10.3. The SMILES string of the molecule is CCn1cnc2c(=O)n(-c3ccc(Cl)cc3)c(Oc3ccc(F)cc3F)nc21. The van der Waals surface area contributed by atoms with Crippen LogP contribution in [0, 0.1) is 11.6 Å². The van der Waals surface area contributed by atoms with Crippen molar-refractivity contribution in [3.05, 3.63) is 75.8 Å². The number of hydrogen-bond acceptors (Lipinski definition) is 4. The molecule has 0 amide bonds. The summed E-state index contributed by atoms with van der Waals surface area (Å²) >= 11 is 5.93. The van der Waals surface area contributed by atoms with Gasteiger partial charge in [0.25, 0.3) is 5.56 Å². The first-order valence-corrected chi connectivity index (χ1v) is 8.72. The summed E-state index contributed by atoms with van der Waals surface area (Å²) < 4.78 is 35.7. The van der Waals surface area contributed by atoms with Crippen LogP contribution in [0.5, 0.6) is 11.8 Å². The number of aromatic nitrogens is 4. The van der Waals surface area contributed by atoms with Gasteiger partial charge in [0.1, 0.15) is 5.82 Å². The van der Waals surface area contributed by atoms with Gasteiger partial charge in [-0.05, 0) is 43.3 Å². The zero-order chi connectivity index (χ0) is 19.8. The molecule has 0 saturated carbocycles. The van der Waals surface area contributed by atoms with E-state index in [9.17, 15) is 13.6 Å². The van der Waals surface area contributed by atoms with Crippen LogP contribution in [0.2, 0.25) is 5.02 Å². The molecule has 0 saturated heterocycles. The lowest BCUT2D eigenvalue weighted by Gasteiger charge is -2.13. The van der Waals surface area contributed by atoms with E-state index in [1.807, 2.05) is 6.92 Å². The van der Waals surface area contributed by atoms with Crippen molar-refractivity contribution in [2.24, 2.45) is 0 Å². The summed E-state index contributed by atoms with van der Waals surface area (Å²) in [5, 5.41) is 0.480. The average Bonchev–Trinajstić information content (AvgIpc) is 3.08. The summed E-state index contributed by atoms with van der Waals surface area (Å²) in [5.41, 5.74) is 0.364. The van der Waals surface area contributed by atoms with Crippen LogP contribution in [-0.4, -0.2) is 19.1 Å². The molecule has 2 aromatic heterocycles.